The molecule has 0 aromatic carbocycles. The van der Waals surface area contributed by atoms with Crippen LogP contribution in [-0.4, -0.2) is 4.83 Å². The third-order valence-corrected chi connectivity index (χ3v) is 4.91. The molecule has 0 heterocycles. The Kier molecular flexibility index (Phi) is 22.1. The van der Waals surface area contributed by atoms with E-state index < -0.39 is 0 Å². The van der Waals surface area contributed by atoms with Crippen LogP contribution in [0.25, 0.3) is 0 Å². The molecule has 0 amide bonds. The van der Waals surface area contributed by atoms with Crippen LogP contribution in [0.5, 0.6) is 0 Å². The van der Waals surface area contributed by atoms with Crippen molar-refractivity contribution < 1.29 is 0 Å². The van der Waals surface area contributed by atoms with Crippen molar-refractivity contribution in [3.63, 3.8) is 0 Å². The summed E-state index contributed by atoms with van der Waals surface area (Å²) in [6.45, 7) is 4.58. The van der Waals surface area contributed by atoms with Crippen LogP contribution >= 0.6 is 15.9 Å². The van der Waals surface area contributed by atoms with Gasteiger partial charge < -0.3 is 6.15 Å². The fourth-order valence-electron chi connectivity index (χ4n) is 2.61. The summed E-state index contributed by atoms with van der Waals surface area (Å²) in [5, 5.41) is 0. The first kappa shape index (κ1) is 22.7. The molecule has 0 rings (SSSR count). The largest absolute Gasteiger partial charge is 0.344 e. The molecule has 124 valence electrons. The van der Waals surface area contributed by atoms with E-state index in [0.717, 1.165) is 4.83 Å². The number of alkyl halides is 1. The van der Waals surface area contributed by atoms with Gasteiger partial charge in [0.15, 0.2) is 0 Å². The van der Waals surface area contributed by atoms with Gasteiger partial charge in [0.2, 0.25) is 0 Å². The van der Waals surface area contributed by atoms with Crippen molar-refractivity contribution >= 4 is 15.9 Å². The predicted molar refractivity (Wildman–Crippen MR) is 98.3 cm³/mol. The summed E-state index contributed by atoms with van der Waals surface area (Å²) in [4.78, 5) is 0.786. The van der Waals surface area contributed by atoms with Gasteiger partial charge in [-0.15, -0.1) is 0 Å². The maximum Gasteiger partial charge on any atom is 0.0145 e. The minimum Gasteiger partial charge on any atom is -0.344 e. The third kappa shape index (κ3) is 18.4. The summed E-state index contributed by atoms with van der Waals surface area (Å²) in [6.07, 6.45) is 21.4. The highest BCUT2D eigenvalue weighted by Crippen LogP contribution is 2.19. The van der Waals surface area contributed by atoms with Gasteiger partial charge in [-0.25, -0.2) is 0 Å². The summed E-state index contributed by atoms with van der Waals surface area (Å²) in [5.74, 6) is 0. The Morgan fingerprint density at radius 3 is 1.25 bits per heavy atom. The van der Waals surface area contributed by atoms with Gasteiger partial charge in [-0.05, 0) is 12.8 Å². The fraction of sp³-hybridized carbons (Fsp3) is 1.00. The molecule has 0 spiro atoms. The van der Waals surface area contributed by atoms with Gasteiger partial charge in [0.1, 0.15) is 0 Å². The Hall–Kier alpha value is 0.440. The van der Waals surface area contributed by atoms with Gasteiger partial charge >= 0.3 is 0 Å². The van der Waals surface area contributed by atoms with Crippen LogP contribution in [0.15, 0.2) is 0 Å². The van der Waals surface area contributed by atoms with E-state index in [1.807, 2.05) is 0 Å². The maximum absolute atomic E-state index is 3.84. The molecule has 0 aliphatic rings. The molecule has 3 N–H and O–H groups in total. The van der Waals surface area contributed by atoms with Crippen LogP contribution in [0.3, 0.4) is 0 Å². The van der Waals surface area contributed by atoms with E-state index in [-0.39, 0.29) is 6.15 Å². The van der Waals surface area contributed by atoms with Gasteiger partial charge in [0, 0.05) is 4.83 Å². The van der Waals surface area contributed by atoms with Crippen molar-refractivity contribution in [3.05, 3.63) is 0 Å². The zero-order valence-corrected chi connectivity index (χ0v) is 15.9. The van der Waals surface area contributed by atoms with Gasteiger partial charge in [-0.2, -0.15) is 0 Å². The summed E-state index contributed by atoms with van der Waals surface area (Å²) in [5.41, 5.74) is 0. The highest BCUT2D eigenvalue weighted by molar-refractivity contribution is 9.09. The Labute approximate surface area is 137 Å². The molecule has 0 fully saturated rings. The standard InChI is InChI=1S/C18H37Br.H3N/c1-3-5-7-9-10-11-12-13-15-17-18(19)16-14-8-6-4-2;/h18H,3-17H2,1-2H3;1H3. The highest BCUT2D eigenvalue weighted by Gasteiger charge is 2.03. The van der Waals surface area contributed by atoms with Crippen molar-refractivity contribution in [2.24, 2.45) is 0 Å². The van der Waals surface area contributed by atoms with Crippen LogP contribution in [0.4, 0.5) is 0 Å². The molecule has 0 saturated carbocycles. The molecule has 20 heavy (non-hydrogen) atoms. The lowest BCUT2D eigenvalue weighted by Gasteiger charge is -2.09. The smallest absolute Gasteiger partial charge is 0.0145 e. The first-order valence-electron chi connectivity index (χ1n) is 8.95. The zero-order chi connectivity index (χ0) is 14.2. The Balaban J connectivity index is 0. The molecule has 1 nitrogen and oxygen atoms in total. The minimum atomic E-state index is 0. The molecule has 0 aliphatic carbocycles. The first-order chi connectivity index (χ1) is 9.31. The monoisotopic (exact) mass is 349 g/mol. The average molecular weight is 350 g/mol. The normalized spacial score (nSPS) is 12.2. The van der Waals surface area contributed by atoms with Crippen LogP contribution in [0, 0.1) is 0 Å². The Morgan fingerprint density at radius 2 is 0.850 bits per heavy atom. The Morgan fingerprint density at radius 1 is 0.550 bits per heavy atom. The molecular formula is C18H40BrN. The molecule has 0 bridgehead atoms. The van der Waals surface area contributed by atoms with Crippen molar-refractivity contribution in [2.45, 2.75) is 115 Å². The molecule has 0 radical (unpaired) electrons. The van der Waals surface area contributed by atoms with E-state index in [1.165, 1.54) is 96.3 Å². The van der Waals surface area contributed by atoms with Crippen molar-refractivity contribution in [2.75, 3.05) is 0 Å². The van der Waals surface area contributed by atoms with Gasteiger partial charge in [-0.3, -0.25) is 0 Å². The summed E-state index contributed by atoms with van der Waals surface area (Å²) in [6, 6.07) is 0. The molecule has 0 aliphatic heterocycles. The van der Waals surface area contributed by atoms with E-state index in [2.05, 4.69) is 29.8 Å². The molecule has 2 heteroatoms. The highest BCUT2D eigenvalue weighted by atomic mass is 79.9. The molecule has 0 aromatic heterocycles. The molecule has 1 atom stereocenters. The van der Waals surface area contributed by atoms with Crippen LogP contribution in [0.1, 0.15) is 110 Å². The molecular weight excluding hydrogens is 310 g/mol. The maximum atomic E-state index is 3.84. The van der Waals surface area contributed by atoms with Crippen molar-refractivity contribution in [1.82, 2.24) is 6.15 Å². The second-order valence-corrected chi connectivity index (χ2v) is 7.36. The lowest BCUT2D eigenvalue weighted by Crippen LogP contribution is -1.97. The predicted octanol–water partition coefficient (Wildman–Crippen LogP) is 7.80. The van der Waals surface area contributed by atoms with E-state index in [4.69, 9.17) is 0 Å². The van der Waals surface area contributed by atoms with Gasteiger partial charge in [0.05, 0.1) is 0 Å². The first-order valence-corrected chi connectivity index (χ1v) is 9.86. The topological polar surface area (TPSA) is 35.0 Å². The number of halogens is 1. The minimum absolute atomic E-state index is 0. The molecule has 1 unspecified atom stereocenters. The van der Waals surface area contributed by atoms with E-state index in [1.54, 1.807) is 0 Å². The second-order valence-electron chi connectivity index (χ2n) is 6.06. The van der Waals surface area contributed by atoms with Crippen molar-refractivity contribution in [1.29, 1.82) is 0 Å². The number of unbranched alkanes of at least 4 members (excludes halogenated alkanes) is 11. The van der Waals surface area contributed by atoms with E-state index >= 15 is 0 Å². The van der Waals surface area contributed by atoms with Gasteiger partial charge in [0.25, 0.3) is 0 Å². The zero-order valence-electron chi connectivity index (χ0n) is 14.3. The van der Waals surface area contributed by atoms with Gasteiger partial charge in [-0.1, -0.05) is 113 Å². The van der Waals surface area contributed by atoms with Crippen molar-refractivity contribution in [3.8, 4) is 0 Å². The average Bonchev–Trinajstić information content (AvgIpc) is 2.42. The number of hydrogen-bond acceptors (Lipinski definition) is 1. The SMILES string of the molecule is CCCCCCCCCCCC(Br)CCCCCC.N. The number of hydrogen-bond donors (Lipinski definition) is 1. The molecule has 0 saturated heterocycles. The lowest BCUT2D eigenvalue weighted by molar-refractivity contribution is 0.540. The summed E-state index contributed by atoms with van der Waals surface area (Å²) >= 11 is 3.84. The quantitative estimate of drug-likeness (QED) is 0.237. The van der Waals surface area contributed by atoms with Crippen LogP contribution < -0.4 is 6.15 Å². The van der Waals surface area contributed by atoms with E-state index in [0.29, 0.717) is 0 Å². The Bertz CT molecular complexity index is 161. The summed E-state index contributed by atoms with van der Waals surface area (Å²) in [7, 11) is 0. The second kappa shape index (κ2) is 19.4. The van der Waals surface area contributed by atoms with Crippen LogP contribution in [0.2, 0.25) is 0 Å². The van der Waals surface area contributed by atoms with Crippen LogP contribution in [-0.2, 0) is 0 Å². The number of rotatable bonds is 15. The third-order valence-electron chi connectivity index (χ3n) is 3.99. The molecule has 0 aromatic rings. The fourth-order valence-corrected chi connectivity index (χ4v) is 3.26. The summed E-state index contributed by atoms with van der Waals surface area (Å²) < 4.78 is 0. The lowest BCUT2D eigenvalue weighted by atomic mass is 10.0. The van der Waals surface area contributed by atoms with E-state index in [9.17, 15) is 0 Å².